The van der Waals surface area contributed by atoms with E-state index in [-0.39, 0.29) is 5.75 Å². The molecule has 0 aliphatic rings. The lowest BCUT2D eigenvalue weighted by Crippen LogP contribution is -2.32. The largest absolute Gasteiger partial charge is 0.750 e. The van der Waals surface area contributed by atoms with Crippen LogP contribution in [0.2, 0.25) is 0 Å². The summed E-state index contributed by atoms with van der Waals surface area (Å²) in [5.74, 6) is -0.152. The van der Waals surface area contributed by atoms with Gasteiger partial charge >= 0.3 is 0 Å². The molecule has 0 aliphatic heterocycles. The van der Waals surface area contributed by atoms with Crippen molar-refractivity contribution >= 4 is 21.5 Å². The Labute approximate surface area is 113 Å². The Morgan fingerprint density at radius 3 is 2.16 bits per heavy atom. The molecule has 0 saturated carbocycles. The van der Waals surface area contributed by atoms with E-state index in [1.54, 1.807) is 0 Å². The van der Waals surface area contributed by atoms with Crippen molar-refractivity contribution in [3.63, 3.8) is 0 Å². The van der Waals surface area contributed by atoms with Gasteiger partial charge in [-0.3, -0.25) is 4.55 Å². The number of rotatable bonds is 6. The van der Waals surface area contributed by atoms with Crippen LogP contribution in [-0.2, 0) is 32.4 Å². The highest BCUT2D eigenvalue weighted by Gasteiger charge is 2.04. The van der Waals surface area contributed by atoms with Crippen LogP contribution in [0.3, 0.4) is 0 Å². The molecular weight excluding hydrogens is 298 g/mol. The van der Waals surface area contributed by atoms with Gasteiger partial charge in [0.2, 0.25) is 0 Å². The maximum atomic E-state index is 10.4. The van der Waals surface area contributed by atoms with Gasteiger partial charge in [-0.1, -0.05) is 6.07 Å². The molecule has 1 atom stereocenters. The highest BCUT2D eigenvalue weighted by Crippen LogP contribution is 1.93. The quantitative estimate of drug-likeness (QED) is 0.173. The van der Waals surface area contributed by atoms with Crippen LogP contribution in [0.25, 0.3) is 0 Å². The Morgan fingerprint density at radius 1 is 1.21 bits per heavy atom. The van der Waals surface area contributed by atoms with E-state index in [0.717, 1.165) is 13.0 Å². The van der Waals surface area contributed by atoms with Crippen LogP contribution in [0.4, 0.5) is 0 Å². The fourth-order valence-corrected chi connectivity index (χ4v) is 1.73. The second-order valence-corrected chi connectivity index (χ2v) is 5.50. The molecule has 0 aromatic carbocycles. The maximum absolute atomic E-state index is 10.4. The molecule has 110 valence electrons. The number of pyridine rings is 1. The molecule has 0 saturated heterocycles. The third-order valence-corrected chi connectivity index (χ3v) is 2.82. The van der Waals surface area contributed by atoms with Crippen LogP contribution in [0, 0.1) is 0 Å². The van der Waals surface area contributed by atoms with Crippen molar-refractivity contribution in [2.24, 2.45) is 0 Å². The summed E-state index contributed by atoms with van der Waals surface area (Å²) in [5.41, 5.74) is 0. The molecule has 19 heavy (non-hydrogen) atoms. The van der Waals surface area contributed by atoms with E-state index in [0.29, 0.717) is 6.42 Å². The fourth-order valence-electron chi connectivity index (χ4n) is 1.16. The zero-order valence-corrected chi connectivity index (χ0v) is 11.5. The second kappa shape index (κ2) is 9.95. The predicted octanol–water partition coefficient (Wildman–Crippen LogP) is -1.29. The first-order chi connectivity index (χ1) is 8.85. The van der Waals surface area contributed by atoms with Crippen LogP contribution in [0.15, 0.2) is 30.6 Å². The van der Waals surface area contributed by atoms with Gasteiger partial charge in [0.1, 0.15) is 6.54 Å². The summed E-state index contributed by atoms with van der Waals surface area (Å²) in [5, 5.41) is 8.52. The summed E-state index contributed by atoms with van der Waals surface area (Å²) in [4.78, 5) is 0. The molecule has 1 rings (SSSR count). The molecule has 0 fully saturated rings. The Balaban J connectivity index is 0.000000555. The zero-order valence-electron chi connectivity index (χ0n) is 9.88. The van der Waals surface area contributed by atoms with E-state index >= 15 is 0 Å². The molecule has 1 N–H and O–H groups in total. The predicted molar refractivity (Wildman–Crippen MR) is 62.3 cm³/mol. The number of hydrogen-bond donors (Lipinski definition) is 1. The van der Waals surface area contributed by atoms with Gasteiger partial charge in [-0.25, -0.2) is 8.78 Å². The molecular formula is C9H14NO7S2-. The van der Waals surface area contributed by atoms with Crippen LogP contribution >= 0.6 is 0 Å². The van der Waals surface area contributed by atoms with Crippen molar-refractivity contribution in [3.05, 3.63) is 30.6 Å². The molecule has 8 nitrogen and oxygen atoms in total. The monoisotopic (exact) mass is 312 g/mol. The Kier molecular flexibility index (Phi) is 9.47. The molecule has 0 aliphatic carbocycles. The standard InChI is InChI=1S/C9H13NO3S.H2O4S/c11-14(12,13)9-5-4-8-10-6-2-1-3-7-10;1-4-5(2)3/h1-3,6-7H,4-5,8-9H2;1H,(H,2,3)/p-1. The van der Waals surface area contributed by atoms with E-state index in [4.69, 9.17) is 18.6 Å². The van der Waals surface area contributed by atoms with Crippen molar-refractivity contribution in [2.75, 3.05) is 5.75 Å². The number of aryl methyl sites for hydroxylation is 1. The zero-order chi connectivity index (χ0) is 14.7. The Bertz CT molecular complexity index is 463. The van der Waals surface area contributed by atoms with E-state index < -0.39 is 21.5 Å². The van der Waals surface area contributed by atoms with Crippen LogP contribution in [-0.4, -0.2) is 27.5 Å². The minimum absolute atomic E-state index is 0.152. The minimum atomic E-state index is -3.79. The van der Waals surface area contributed by atoms with Crippen LogP contribution in [0.1, 0.15) is 12.8 Å². The molecule has 1 aromatic heterocycles. The molecule has 0 amide bonds. The lowest BCUT2D eigenvalue weighted by atomic mass is 10.3. The van der Waals surface area contributed by atoms with Gasteiger partial charge in [0.05, 0.1) is 17.1 Å². The normalized spacial score (nSPS) is 12.4. The molecule has 1 heterocycles. The van der Waals surface area contributed by atoms with Gasteiger partial charge < -0.3 is 14.1 Å². The van der Waals surface area contributed by atoms with Crippen molar-refractivity contribution < 1.29 is 35.9 Å². The molecule has 1 aromatic rings. The van der Waals surface area contributed by atoms with E-state index in [9.17, 15) is 8.42 Å². The van der Waals surface area contributed by atoms with Gasteiger partial charge in [-0.15, -0.1) is 0 Å². The summed E-state index contributed by atoms with van der Waals surface area (Å²) >= 11 is -2.88. The summed E-state index contributed by atoms with van der Waals surface area (Å²) in [6.45, 7) is 0.774. The summed E-state index contributed by atoms with van der Waals surface area (Å²) < 4.78 is 51.3. The van der Waals surface area contributed by atoms with Gasteiger partial charge in [0, 0.05) is 18.6 Å². The minimum Gasteiger partial charge on any atom is -0.750 e. The SMILES string of the molecule is O=S(=O)(O)CCCC[n+]1ccccc1.O=S([O-])O[O-]. The van der Waals surface area contributed by atoms with Gasteiger partial charge in [0.15, 0.2) is 12.4 Å². The summed E-state index contributed by atoms with van der Waals surface area (Å²) in [7, 11) is -3.79. The summed E-state index contributed by atoms with van der Waals surface area (Å²) in [6.07, 6.45) is 5.08. The van der Waals surface area contributed by atoms with Crippen LogP contribution in [0.5, 0.6) is 0 Å². The summed E-state index contributed by atoms with van der Waals surface area (Å²) in [6, 6.07) is 5.76. The van der Waals surface area contributed by atoms with Crippen LogP contribution < -0.4 is 9.82 Å². The van der Waals surface area contributed by atoms with Crippen molar-refractivity contribution in [2.45, 2.75) is 19.4 Å². The lowest BCUT2D eigenvalue weighted by Gasteiger charge is -2.05. The molecule has 0 spiro atoms. The molecule has 0 bridgehead atoms. The third kappa shape index (κ3) is 13.3. The average molecular weight is 312 g/mol. The second-order valence-electron chi connectivity index (χ2n) is 3.38. The van der Waals surface area contributed by atoms with Crippen molar-refractivity contribution in [1.82, 2.24) is 0 Å². The number of unbranched alkanes of at least 4 members (excludes halogenated alkanes) is 1. The lowest BCUT2D eigenvalue weighted by molar-refractivity contribution is -0.697. The van der Waals surface area contributed by atoms with Gasteiger partial charge in [-0.05, 0) is 6.42 Å². The average Bonchev–Trinajstić information content (AvgIpc) is 2.35. The van der Waals surface area contributed by atoms with Gasteiger partial charge in [0.25, 0.3) is 10.1 Å². The maximum Gasteiger partial charge on any atom is 0.264 e. The first-order valence-corrected chi connectivity index (χ1v) is 7.75. The number of hydrogen-bond acceptors (Lipinski definition) is 6. The molecule has 10 heteroatoms. The highest BCUT2D eigenvalue weighted by molar-refractivity contribution is 7.85. The molecule has 0 radical (unpaired) electrons. The van der Waals surface area contributed by atoms with Crippen molar-refractivity contribution in [1.29, 1.82) is 0 Å². The number of nitrogens with zero attached hydrogens (tertiary/aromatic N) is 1. The van der Waals surface area contributed by atoms with E-state index in [1.807, 2.05) is 35.2 Å². The van der Waals surface area contributed by atoms with Crippen molar-refractivity contribution in [3.8, 4) is 0 Å². The fraction of sp³-hybridized carbons (Fsp3) is 0.444. The highest BCUT2D eigenvalue weighted by atomic mass is 32.2. The Morgan fingerprint density at radius 2 is 1.74 bits per heavy atom. The first kappa shape index (κ1) is 18.1. The van der Waals surface area contributed by atoms with Gasteiger partial charge in [-0.2, -0.15) is 8.42 Å². The molecule has 1 unspecified atom stereocenters. The smallest absolute Gasteiger partial charge is 0.264 e. The van der Waals surface area contributed by atoms with E-state index in [1.165, 1.54) is 0 Å². The topological polar surface area (TPSA) is 131 Å². The van der Waals surface area contributed by atoms with E-state index in [2.05, 4.69) is 4.33 Å². The third-order valence-electron chi connectivity index (χ3n) is 1.90. The first-order valence-electron chi connectivity index (χ1n) is 5.14. The Hall–Kier alpha value is -0.910. The number of aromatic nitrogens is 1.